The van der Waals surface area contributed by atoms with Gasteiger partial charge in [0.2, 0.25) is 11.8 Å². The van der Waals surface area contributed by atoms with Crippen LogP contribution in [0.5, 0.6) is 0 Å². The van der Waals surface area contributed by atoms with Crippen molar-refractivity contribution in [3.8, 4) is 0 Å². The topological polar surface area (TPSA) is 98.8 Å². The van der Waals surface area contributed by atoms with Gasteiger partial charge in [-0.3, -0.25) is 19.2 Å². The molecule has 38 heavy (non-hydrogen) atoms. The van der Waals surface area contributed by atoms with E-state index in [1.807, 2.05) is 0 Å². The number of carbonyl (C=O) groups is 4. The maximum absolute atomic E-state index is 13.2. The summed E-state index contributed by atoms with van der Waals surface area (Å²) in [6, 6.07) is 6.23. The lowest BCUT2D eigenvalue weighted by molar-refractivity contribution is -0.123. The minimum atomic E-state index is -0.492. The Hall–Kier alpha value is -2.58. The van der Waals surface area contributed by atoms with Crippen LogP contribution in [0.2, 0.25) is 0 Å². The second-order valence-electron chi connectivity index (χ2n) is 11.6. The molecule has 0 bridgehead atoms. The van der Waals surface area contributed by atoms with E-state index >= 15 is 0 Å². The fourth-order valence-electron chi connectivity index (χ4n) is 6.63. The van der Waals surface area contributed by atoms with Crippen LogP contribution in [-0.4, -0.2) is 47.8 Å². The van der Waals surface area contributed by atoms with E-state index in [9.17, 15) is 19.2 Å². The number of imide groups is 2. The number of carbonyl (C=O) groups excluding carboxylic acids is 4. The molecule has 4 amide bonds. The number of hydrogen-bond acceptors (Lipinski definition) is 6. The first kappa shape index (κ1) is 27.0. The van der Waals surface area contributed by atoms with Crippen LogP contribution in [-0.2, 0) is 19.2 Å². The standard InChI is InChI=1S/C30H42N4O4/c35-27-19-25(31-21-11-7-3-1-4-8-12-21)29(37)33(27)23-15-17-24(18-16-23)34-28(36)20-26(30(34)38)32-22-13-9-5-2-6-10-14-22/h15-18,21-22,25-26,31-32H,1-14,19-20H2/t25-,26-/m0/s1. The highest BCUT2D eigenvalue weighted by Gasteiger charge is 2.42. The van der Waals surface area contributed by atoms with Crippen LogP contribution in [0.15, 0.2) is 24.3 Å². The van der Waals surface area contributed by atoms with Crippen molar-refractivity contribution in [2.75, 3.05) is 9.80 Å². The van der Waals surface area contributed by atoms with E-state index < -0.39 is 12.1 Å². The molecule has 2 saturated carbocycles. The van der Waals surface area contributed by atoms with E-state index in [0.29, 0.717) is 11.4 Å². The van der Waals surface area contributed by atoms with E-state index in [1.54, 1.807) is 24.3 Å². The molecule has 0 radical (unpaired) electrons. The third-order valence-electron chi connectivity index (χ3n) is 8.74. The molecule has 2 aliphatic carbocycles. The Morgan fingerprint density at radius 1 is 0.500 bits per heavy atom. The van der Waals surface area contributed by atoms with Gasteiger partial charge >= 0.3 is 0 Å². The first-order valence-electron chi connectivity index (χ1n) is 14.9. The number of nitrogens with one attached hydrogen (secondary N) is 2. The molecule has 4 fully saturated rings. The molecule has 0 aromatic heterocycles. The van der Waals surface area contributed by atoms with E-state index in [-0.39, 0.29) is 48.6 Å². The molecule has 4 aliphatic rings. The zero-order valence-corrected chi connectivity index (χ0v) is 22.5. The van der Waals surface area contributed by atoms with E-state index in [2.05, 4.69) is 10.6 Å². The molecule has 1 aromatic rings. The van der Waals surface area contributed by atoms with Crippen LogP contribution in [0.3, 0.4) is 0 Å². The summed E-state index contributed by atoms with van der Waals surface area (Å²) in [4.78, 5) is 54.5. The van der Waals surface area contributed by atoms with Gasteiger partial charge < -0.3 is 10.6 Å². The Kier molecular flexibility index (Phi) is 8.89. The molecule has 8 nitrogen and oxygen atoms in total. The number of benzene rings is 1. The fraction of sp³-hybridized carbons (Fsp3) is 0.667. The monoisotopic (exact) mass is 522 g/mol. The molecule has 0 unspecified atom stereocenters. The van der Waals surface area contributed by atoms with Crippen molar-refractivity contribution in [3.63, 3.8) is 0 Å². The molecule has 2 saturated heterocycles. The summed E-state index contributed by atoms with van der Waals surface area (Å²) in [6.07, 6.45) is 16.6. The first-order valence-corrected chi connectivity index (χ1v) is 14.9. The summed E-state index contributed by atoms with van der Waals surface area (Å²) in [7, 11) is 0. The third kappa shape index (κ3) is 6.18. The summed E-state index contributed by atoms with van der Waals surface area (Å²) in [5.41, 5.74) is 0.961. The highest BCUT2D eigenvalue weighted by molar-refractivity contribution is 6.24. The molecule has 2 atom stereocenters. The van der Waals surface area contributed by atoms with Gasteiger partial charge in [0.1, 0.15) is 0 Å². The number of rotatable bonds is 6. The predicted octanol–water partition coefficient (Wildman–Crippen LogP) is 4.36. The maximum Gasteiger partial charge on any atom is 0.251 e. The lowest BCUT2D eigenvalue weighted by atomic mass is 9.96. The first-order chi connectivity index (χ1) is 18.5. The summed E-state index contributed by atoms with van der Waals surface area (Å²) in [6.45, 7) is 0. The molecule has 8 heteroatoms. The lowest BCUT2D eigenvalue weighted by Gasteiger charge is -2.24. The van der Waals surface area contributed by atoms with Crippen LogP contribution in [0, 0.1) is 0 Å². The van der Waals surface area contributed by atoms with Gasteiger partial charge in [-0.15, -0.1) is 0 Å². The molecule has 2 heterocycles. The van der Waals surface area contributed by atoms with Crippen LogP contribution < -0.4 is 20.4 Å². The lowest BCUT2D eigenvalue weighted by Crippen LogP contribution is -2.44. The van der Waals surface area contributed by atoms with Crippen LogP contribution >= 0.6 is 0 Å². The summed E-state index contributed by atoms with van der Waals surface area (Å²) < 4.78 is 0. The zero-order chi connectivity index (χ0) is 26.5. The largest absolute Gasteiger partial charge is 0.303 e. The fourth-order valence-corrected chi connectivity index (χ4v) is 6.63. The zero-order valence-electron chi connectivity index (χ0n) is 22.5. The maximum atomic E-state index is 13.2. The molecule has 2 N–H and O–H groups in total. The van der Waals surface area contributed by atoms with Crippen molar-refractivity contribution in [1.82, 2.24) is 10.6 Å². The third-order valence-corrected chi connectivity index (χ3v) is 8.74. The van der Waals surface area contributed by atoms with Gasteiger partial charge in [0.05, 0.1) is 36.3 Å². The molecule has 2 aliphatic heterocycles. The summed E-state index contributed by atoms with van der Waals surface area (Å²) in [5, 5.41) is 6.92. The Labute approximate surface area is 225 Å². The Bertz CT molecular complexity index is 929. The van der Waals surface area contributed by atoms with Crippen molar-refractivity contribution in [2.24, 2.45) is 0 Å². The average Bonchev–Trinajstić information content (AvgIpc) is 3.30. The van der Waals surface area contributed by atoms with Gasteiger partial charge in [0.25, 0.3) is 11.8 Å². The van der Waals surface area contributed by atoms with E-state index in [0.717, 1.165) is 51.4 Å². The number of nitrogens with zero attached hydrogens (tertiary/aromatic N) is 2. The number of amides is 4. The second kappa shape index (κ2) is 12.5. The SMILES string of the molecule is O=C1C[C@H](NC2CCCCCCC2)C(=O)N1c1ccc(N2C(=O)C[C@H](NC3CCCCCCC3)C2=O)cc1. The van der Waals surface area contributed by atoms with Crippen molar-refractivity contribution in [2.45, 2.75) is 127 Å². The molecular weight excluding hydrogens is 480 g/mol. The molecule has 5 rings (SSSR count). The Balaban J connectivity index is 1.21. The molecule has 0 spiro atoms. The normalized spacial score (nSPS) is 26.9. The van der Waals surface area contributed by atoms with Crippen molar-refractivity contribution < 1.29 is 19.2 Å². The quantitative estimate of drug-likeness (QED) is 0.539. The average molecular weight is 523 g/mol. The van der Waals surface area contributed by atoms with Crippen molar-refractivity contribution in [1.29, 1.82) is 0 Å². The number of hydrogen-bond donors (Lipinski definition) is 2. The second-order valence-corrected chi connectivity index (χ2v) is 11.6. The van der Waals surface area contributed by atoms with Gasteiger partial charge in [-0.05, 0) is 49.9 Å². The summed E-state index contributed by atoms with van der Waals surface area (Å²) in [5.74, 6) is -0.881. The van der Waals surface area contributed by atoms with Gasteiger partial charge in [-0.25, -0.2) is 9.80 Å². The van der Waals surface area contributed by atoms with E-state index in [1.165, 1.54) is 48.3 Å². The van der Waals surface area contributed by atoms with Crippen LogP contribution in [0.1, 0.15) is 103 Å². The highest BCUT2D eigenvalue weighted by atomic mass is 16.2. The van der Waals surface area contributed by atoms with Crippen molar-refractivity contribution >= 4 is 35.0 Å². The molecular formula is C30H42N4O4. The van der Waals surface area contributed by atoms with Gasteiger partial charge in [0.15, 0.2) is 0 Å². The van der Waals surface area contributed by atoms with Gasteiger partial charge in [0, 0.05) is 12.1 Å². The predicted molar refractivity (Wildman–Crippen MR) is 147 cm³/mol. The van der Waals surface area contributed by atoms with E-state index in [4.69, 9.17) is 0 Å². The summed E-state index contributed by atoms with van der Waals surface area (Å²) >= 11 is 0. The smallest absolute Gasteiger partial charge is 0.251 e. The molecule has 1 aromatic carbocycles. The van der Waals surface area contributed by atoms with Gasteiger partial charge in [-0.2, -0.15) is 0 Å². The minimum absolute atomic E-state index is 0.161. The van der Waals surface area contributed by atoms with Crippen LogP contribution in [0.25, 0.3) is 0 Å². The number of anilines is 2. The minimum Gasteiger partial charge on any atom is -0.303 e. The highest BCUT2D eigenvalue weighted by Crippen LogP contribution is 2.30. The Morgan fingerprint density at radius 2 is 0.816 bits per heavy atom. The Morgan fingerprint density at radius 3 is 1.16 bits per heavy atom. The van der Waals surface area contributed by atoms with Crippen LogP contribution in [0.4, 0.5) is 11.4 Å². The van der Waals surface area contributed by atoms with Crippen molar-refractivity contribution in [3.05, 3.63) is 24.3 Å². The molecule has 206 valence electrons. The van der Waals surface area contributed by atoms with Gasteiger partial charge in [-0.1, -0.05) is 64.2 Å².